The number of nitrogens with zero attached hydrogens (tertiary/aromatic N) is 2. The van der Waals surface area contributed by atoms with E-state index < -0.39 is 6.03 Å². The molecule has 7 heteroatoms. The van der Waals surface area contributed by atoms with Gasteiger partial charge in [0, 0.05) is 19.1 Å². The van der Waals surface area contributed by atoms with Gasteiger partial charge in [-0.2, -0.15) is 0 Å². The molecule has 2 aliphatic heterocycles. The first-order valence-corrected chi connectivity index (χ1v) is 7.55. The molecule has 1 aromatic rings. The fourth-order valence-corrected chi connectivity index (χ4v) is 3.89. The number of nitrogens with two attached hydrogens (primary N) is 1. The minimum atomic E-state index is -0.460. The molecule has 0 saturated carbocycles. The van der Waals surface area contributed by atoms with Gasteiger partial charge in [0.1, 0.15) is 5.69 Å². The summed E-state index contributed by atoms with van der Waals surface area (Å²) in [7, 11) is 1.58. The molecule has 1 aromatic heterocycles. The van der Waals surface area contributed by atoms with E-state index in [1.54, 1.807) is 30.0 Å². The molecule has 0 aromatic carbocycles. The summed E-state index contributed by atoms with van der Waals surface area (Å²) >= 11 is 1.60. The summed E-state index contributed by atoms with van der Waals surface area (Å²) in [6.45, 7) is 1.52. The van der Waals surface area contributed by atoms with Crippen LogP contribution < -0.4 is 15.4 Å². The third-order valence-electron chi connectivity index (χ3n) is 3.70. The van der Waals surface area contributed by atoms with E-state index in [4.69, 9.17) is 15.2 Å². The normalized spacial score (nSPS) is 18.9. The largest absolute Gasteiger partial charge is 0.493 e. The third kappa shape index (κ3) is 2.20. The molecule has 0 spiro atoms. The maximum atomic E-state index is 11.6. The Kier molecular flexibility index (Phi) is 3.71. The Labute approximate surface area is 121 Å². The van der Waals surface area contributed by atoms with Gasteiger partial charge in [0.15, 0.2) is 5.75 Å². The van der Waals surface area contributed by atoms with E-state index in [9.17, 15) is 4.79 Å². The Morgan fingerprint density at radius 2 is 2.30 bits per heavy atom. The molecule has 0 bridgehead atoms. The molecule has 0 aliphatic carbocycles. The number of fused-ring (bicyclic) bond motifs is 1. The molecule has 1 fully saturated rings. The molecular weight excluding hydrogens is 278 g/mol. The van der Waals surface area contributed by atoms with Crippen molar-refractivity contribution in [1.82, 2.24) is 4.98 Å². The number of hydrogen-bond donors (Lipinski definition) is 1. The number of primary amides is 1. The first-order valence-electron chi connectivity index (χ1n) is 6.56. The summed E-state index contributed by atoms with van der Waals surface area (Å²) in [6.07, 6.45) is 3.61. The van der Waals surface area contributed by atoms with Crippen molar-refractivity contribution in [2.75, 3.05) is 31.1 Å². The molecule has 2 N–H and O–H groups in total. The SMILES string of the molecule is COc1cnc(C2CCOCC2)c2c1N(C(N)=O)CS2. The maximum Gasteiger partial charge on any atom is 0.320 e. The van der Waals surface area contributed by atoms with Crippen molar-refractivity contribution < 1.29 is 14.3 Å². The minimum absolute atomic E-state index is 0.378. The quantitative estimate of drug-likeness (QED) is 0.902. The average molecular weight is 295 g/mol. The van der Waals surface area contributed by atoms with Crippen molar-refractivity contribution in [3.63, 3.8) is 0 Å². The van der Waals surface area contributed by atoms with Crippen LogP contribution in [0.25, 0.3) is 0 Å². The highest BCUT2D eigenvalue weighted by atomic mass is 32.2. The second-order valence-electron chi connectivity index (χ2n) is 4.82. The summed E-state index contributed by atoms with van der Waals surface area (Å²) in [5.74, 6) is 1.49. The smallest absolute Gasteiger partial charge is 0.320 e. The number of methoxy groups -OCH3 is 1. The lowest BCUT2D eigenvalue weighted by Crippen LogP contribution is -2.33. The number of thioether (sulfide) groups is 1. The molecular formula is C13H17N3O3S. The number of pyridine rings is 1. The van der Waals surface area contributed by atoms with Crippen LogP contribution in [-0.4, -0.2) is 37.2 Å². The van der Waals surface area contributed by atoms with E-state index >= 15 is 0 Å². The number of aromatic nitrogens is 1. The van der Waals surface area contributed by atoms with Crippen molar-refractivity contribution in [3.8, 4) is 5.75 Å². The Hall–Kier alpha value is -1.47. The molecule has 20 heavy (non-hydrogen) atoms. The zero-order valence-electron chi connectivity index (χ0n) is 11.3. The number of amides is 2. The van der Waals surface area contributed by atoms with Crippen molar-refractivity contribution in [2.24, 2.45) is 5.73 Å². The zero-order valence-corrected chi connectivity index (χ0v) is 12.1. The molecule has 3 heterocycles. The molecule has 6 nitrogen and oxygen atoms in total. The number of rotatable bonds is 2. The number of carbonyl (C=O) groups is 1. The topological polar surface area (TPSA) is 77.7 Å². The van der Waals surface area contributed by atoms with E-state index in [1.807, 2.05) is 0 Å². The standard InChI is InChI=1S/C13H17N3O3S/c1-18-9-6-15-10(8-2-4-19-5-3-8)12-11(9)16(7-20-12)13(14)17/h6,8H,2-5,7H2,1H3,(H2,14,17). The van der Waals surface area contributed by atoms with Gasteiger partial charge in [-0.05, 0) is 12.8 Å². The van der Waals surface area contributed by atoms with Crippen LogP contribution in [0.15, 0.2) is 11.1 Å². The number of anilines is 1. The first kappa shape index (κ1) is 13.5. The summed E-state index contributed by atoms with van der Waals surface area (Å²) in [6, 6.07) is -0.460. The molecule has 0 radical (unpaired) electrons. The molecule has 0 unspecified atom stereocenters. The molecule has 3 rings (SSSR count). The molecule has 2 amide bonds. The summed E-state index contributed by atoms with van der Waals surface area (Å²) < 4.78 is 10.7. The van der Waals surface area contributed by atoms with Gasteiger partial charge in [0.05, 0.1) is 29.8 Å². The van der Waals surface area contributed by atoms with E-state index in [2.05, 4.69) is 4.98 Å². The third-order valence-corrected chi connectivity index (χ3v) is 4.78. The Bertz CT molecular complexity index is 532. The molecule has 2 aliphatic rings. The highest BCUT2D eigenvalue weighted by Gasteiger charge is 2.33. The van der Waals surface area contributed by atoms with Gasteiger partial charge in [-0.15, -0.1) is 0 Å². The lowest BCUT2D eigenvalue weighted by Gasteiger charge is -2.24. The van der Waals surface area contributed by atoms with Crippen LogP contribution in [0.1, 0.15) is 24.5 Å². The second-order valence-corrected chi connectivity index (χ2v) is 5.77. The van der Waals surface area contributed by atoms with Crippen LogP contribution in [0.2, 0.25) is 0 Å². The predicted molar refractivity (Wildman–Crippen MR) is 76.4 cm³/mol. The van der Waals surface area contributed by atoms with Crippen molar-refractivity contribution in [1.29, 1.82) is 0 Å². The molecule has 108 valence electrons. The van der Waals surface area contributed by atoms with Crippen molar-refractivity contribution >= 4 is 23.5 Å². The van der Waals surface area contributed by atoms with Gasteiger partial charge >= 0.3 is 6.03 Å². The number of urea groups is 1. The number of hydrogen-bond acceptors (Lipinski definition) is 5. The van der Waals surface area contributed by atoms with Crippen LogP contribution in [0, 0.1) is 0 Å². The molecule has 0 atom stereocenters. The number of carbonyl (C=O) groups excluding carboxylic acids is 1. The van der Waals surface area contributed by atoms with E-state index in [0.717, 1.165) is 42.3 Å². The lowest BCUT2D eigenvalue weighted by atomic mass is 9.95. The fourth-order valence-electron chi connectivity index (χ4n) is 2.66. The van der Waals surface area contributed by atoms with Crippen LogP contribution >= 0.6 is 11.8 Å². The van der Waals surface area contributed by atoms with Gasteiger partial charge in [-0.1, -0.05) is 11.8 Å². The van der Waals surface area contributed by atoms with E-state index in [0.29, 0.717) is 17.5 Å². The highest BCUT2D eigenvalue weighted by molar-refractivity contribution is 8.00. The van der Waals surface area contributed by atoms with Gasteiger partial charge < -0.3 is 15.2 Å². The maximum absolute atomic E-state index is 11.6. The zero-order chi connectivity index (χ0) is 14.1. The average Bonchev–Trinajstić information content (AvgIpc) is 2.92. The van der Waals surface area contributed by atoms with Crippen molar-refractivity contribution in [3.05, 3.63) is 11.9 Å². The van der Waals surface area contributed by atoms with Crippen LogP contribution in [0.3, 0.4) is 0 Å². The Morgan fingerprint density at radius 1 is 1.55 bits per heavy atom. The van der Waals surface area contributed by atoms with Crippen LogP contribution in [0.5, 0.6) is 5.75 Å². The number of ether oxygens (including phenoxy) is 2. The van der Waals surface area contributed by atoms with Gasteiger partial charge in [0.25, 0.3) is 0 Å². The van der Waals surface area contributed by atoms with Crippen molar-refractivity contribution in [2.45, 2.75) is 23.7 Å². The fraction of sp³-hybridized carbons (Fsp3) is 0.538. The molecule has 1 saturated heterocycles. The Balaban J connectivity index is 2.04. The summed E-state index contributed by atoms with van der Waals surface area (Å²) in [5.41, 5.74) is 7.25. The lowest BCUT2D eigenvalue weighted by molar-refractivity contribution is 0.0839. The van der Waals surface area contributed by atoms with Gasteiger partial charge in [-0.25, -0.2) is 4.79 Å². The first-order chi connectivity index (χ1) is 9.72. The summed E-state index contributed by atoms with van der Waals surface area (Å²) in [5, 5.41) is 0. The van der Waals surface area contributed by atoms with E-state index in [-0.39, 0.29) is 0 Å². The van der Waals surface area contributed by atoms with Gasteiger partial charge in [-0.3, -0.25) is 9.88 Å². The van der Waals surface area contributed by atoms with Gasteiger partial charge in [0.2, 0.25) is 0 Å². The van der Waals surface area contributed by atoms with E-state index in [1.165, 1.54) is 0 Å². The monoisotopic (exact) mass is 295 g/mol. The second kappa shape index (κ2) is 5.49. The van der Waals surface area contributed by atoms with Crippen LogP contribution in [-0.2, 0) is 4.74 Å². The Morgan fingerprint density at radius 3 is 2.95 bits per heavy atom. The minimum Gasteiger partial charge on any atom is -0.493 e. The summed E-state index contributed by atoms with van der Waals surface area (Å²) in [4.78, 5) is 18.7. The highest BCUT2D eigenvalue weighted by Crippen LogP contribution is 2.48. The van der Waals surface area contributed by atoms with Crippen LogP contribution in [0.4, 0.5) is 10.5 Å². The predicted octanol–water partition coefficient (Wildman–Crippen LogP) is 1.93.